The Labute approximate surface area is 158 Å². The molecule has 8 heteroatoms. The van der Waals surface area contributed by atoms with Crippen molar-refractivity contribution in [2.24, 2.45) is 0 Å². The maximum atomic E-state index is 12.9. The first kappa shape index (κ1) is 18.4. The van der Waals surface area contributed by atoms with Crippen molar-refractivity contribution >= 4 is 29.2 Å². The first-order valence-corrected chi connectivity index (χ1v) is 8.51. The molecule has 0 aliphatic heterocycles. The van der Waals surface area contributed by atoms with E-state index in [0.717, 1.165) is 0 Å². The molecule has 0 N–H and O–H groups in total. The fourth-order valence-corrected chi connectivity index (χ4v) is 2.47. The van der Waals surface area contributed by atoms with Crippen LogP contribution in [0.5, 0.6) is 5.75 Å². The predicted octanol–water partition coefficient (Wildman–Crippen LogP) is 5.11. The Morgan fingerprint density at radius 1 is 1.12 bits per heavy atom. The maximum absolute atomic E-state index is 12.9. The number of halogens is 3. The Balaban J connectivity index is 1.49. The molecule has 0 aliphatic carbocycles. The van der Waals surface area contributed by atoms with Gasteiger partial charge in [0.05, 0.1) is 10.0 Å². The summed E-state index contributed by atoms with van der Waals surface area (Å²) in [5, 5.41) is 4.55. The Bertz CT molecular complexity index is 913. The summed E-state index contributed by atoms with van der Waals surface area (Å²) in [4.78, 5) is 16.1. The van der Waals surface area contributed by atoms with E-state index >= 15 is 0 Å². The predicted molar refractivity (Wildman–Crippen MR) is 94.7 cm³/mol. The van der Waals surface area contributed by atoms with Crippen LogP contribution in [0.2, 0.25) is 10.0 Å². The van der Waals surface area contributed by atoms with Gasteiger partial charge in [-0.25, -0.2) is 4.39 Å². The quantitative estimate of drug-likeness (QED) is 0.429. The van der Waals surface area contributed by atoms with E-state index in [0.29, 0.717) is 45.9 Å². The molecule has 0 saturated carbocycles. The van der Waals surface area contributed by atoms with Gasteiger partial charge in [-0.05, 0) is 42.8 Å². The summed E-state index contributed by atoms with van der Waals surface area (Å²) in [7, 11) is 0. The van der Waals surface area contributed by atoms with Gasteiger partial charge in [-0.15, -0.1) is 0 Å². The standard InChI is InChI=1S/C18H13Cl2FN2O3/c19-14-9-8-13(10-15(14)20)25-17(24)3-1-2-16-22-18(23-26-16)11-4-6-12(21)7-5-11/h4-10H,1-3H2. The summed E-state index contributed by atoms with van der Waals surface area (Å²) in [5.74, 6) is 0.366. The zero-order valence-electron chi connectivity index (χ0n) is 13.4. The van der Waals surface area contributed by atoms with Crippen molar-refractivity contribution in [1.29, 1.82) is 0 Å². The van der Waals surface area contributed by atoms with Crippen LogP contribution in [-0.4, -0.2) is 16.1 Å². The third-order valence-corrected chi connectivity index (χ3v) is 4.20. The molecular formula is C18H13Cl2FN2O3. The number of carbonyl (C=O) groups is 1. The van der Waals surface area contributed by atoms with Gasteiger partial charge in [-0.1, -0.05) is 28.4 Å². The van der Waals surface area contributed by atoms with Crippen LogP contribution in [0.4, 0.5) is 4.39 Å². The fraction of sp³-hybridized carbons (Fsp3) is 0.167. The Hall–Kier alpha value is -2.44. The normalized spacial score (nSPS) is 10.7. The summed E-state index contributed by atoms with van der Waals surface area (Å²) >= 11 is 11.7. The first-order valence-electron chi connectivity index (χ1n) is 7.75. The smallest absolute Gasteiger partial charge is 0.311 e. The second kappa shape index (κ2) is 8.29. The number of rotatable bonds is 6. The van der Waals surface area contributed by atoms with E-state index in [1.807, 2.05) is 0 Å². The van der Waals surface area contributed by atoms with Crippen LogP contribution in [0.15, 0.2) is 47.0 Å². The average molecular weight is 395 g/mol. The maximum Gasteiger partial charge on any atom is 0.311 e. The molecule has 1 aromatic heterocycles. The van der Waals surface area contributed by atoms with Gasteiger partial charge in [-0.3, -0.25) is 4.79 Å². The number of benzene rings is 2. The molecular weight excluding hydrogens is 382 g/mol. The number of carbonyl (C=O) groups excluding carboxylic acids is 1. The third kappa shape index (κ3) is 4.80. The number of nitrogens with zero attached hydrogens (tertiary/aromatic N) is 2. The molecule has 0 fully saturated rings. The largest absolute Gasteiger partial charge is 0.426 e. The first-order chi connectivity index (χ1) is 12.5. The zero-order valence-corrected chi connectivity index (χ0v) is 14.9. The summed E-state index contributed by atoms with van der Waals surface area (Å²) in [6.45, 7) is 0. The molecule has 1 heterocycles. The highest BCUT2D eigenvalue weighted by atomic mass is 35.5. The lowest BCUT2D eigenvalue weighted by Gasteiger charge is -2.04. The third-order valence-electron chi connectivity index (χ3n) is 3.46. The Kier molecular flexibility index (Phi) is 5.85. The SMILES string of the molecule is O=C(CCCc1nc(-c2ccc(F)cc2)no1)Oc1ccc(Cl)c(Cl)c1. The molecule has 5 nitrogen and oxygen atoms in total. The van der Waals surface area contributed by atoms with Gasteiger partial charge in [0.2, 0.25) is 11.7 Å². The molecule has 0 bridgehead atoms. The van der Waals surface area contributed by atoms with Crippen LogP contribution < -0.4 is 4.74 Å². The van der Waals surface area contributed by atoms with Crippen LogP contribution in [-0.2, 0) is 11.2 Å². The summed E-state index contributed by atoms with van der Waals surface area (Å²) in [5.41, 5.74) is 0.653. The molecule has 0 amide bonds. The Morgan fingerprint density at radius 2 is 1.88 bits per heavy atom. The minimum atomic E-state index is -0.401. The van der Waals surface area contributed by atoms with Crippen LogP contribution in [0.25, 0.3) is 11.4 Å². The molecule has 3 rings (SSSR count). The highest BCUT2D eigenvalue weighted by Crippen LogP contribution is 2.26. The lowest BCUT2D eigenvalue weighted by Crippen LogP contribution is -2.08. The van der Waals surface area contributed by atoms with E-state index < -0.39 is 5.97 Å². The van der Waals surface area contributed by atoms with E-state index in [-0.39, 0.29) is 12.2 Å². The van der Waals surface area contributed by atoms with Crippen molar-refractivity contribution in [3.05, 3.63) is 64.2 Å². The van der Waals surface area contributed by atoms with E-state index in [9.17, 15) is 9.18 Å². The van der Waals surface area contributed by atoms with Gasteiger partial charge in [0.25, 0.3) is 0 Å². The van der Waals surface area contributed by atoms with E-state index in [2.05, 4.69) is 10.1 Å². The minimum absolute atomic E-state index is 0.175. The van der Waals surface area contributed by atoms with E-state index in [4.69, 9.17) is 32.5 Å². The van der Waals surface area contributed by atoms with Crippen LogP contribution in [0, 0.1) is 5.82 Å². The topological polar surface area (TPSA) is 65.2 Å². The molecule has 3 aromatic rings. The van der Waals surface area contributed by atoms with Gasteiger partial charge < -0.3 is 9.26 Å². The molecule has 134 valence electrons. The Morgan fingerprint density at radius 3 is 2.62 bits per heavy atom. The number of aromatic nitrogens is 2. The van der Waals surface area contributed by atoms with Gasteiger partial charge in [0.1, 0.15) is 11.6 Å². The number of aryl methyl sites for hydroxylation is 1. The van der Waals surface area contributed by atoms with Gasteiger partial charge in [-0.2, -0.15) is 4.98 Å². The molecule has 0 atom stereocenters. The number of hydrogen-bond donors (Lipinski definition) is 0. The highest BCUT2D eigenvalue weighted by Gasteiger charge is 2.11. The monoisotopic (exact) mass is 394 g/mol. The lowest BCUT2D eigenvalue weighted by atomic mass is 10.2. The molecule has 0 radical (unpaired) electrons. The van der Waals surface area contributed by atoms with Crippen molar-refractivity contribution < 1.29 is 18.4 Å². The van der Waals surface area contributed by atoms with Gasteiger partial charge >= 0.3 is 5.97 Å². The van der Waals surface area contributed by atoms with Gasteiger partial charge in [0, 0.05) is 24.5 Å². The summed E-state index contributed by atoms with van der Waals surface area (Å²) in [6.07, 6.45) is 1.07. The van der Waals surface area contributed by atoms with Crippen LogP contribution in [0.3, 0.4) is 0 Å². The number of hydrogen-bond acceptors (Lipinski definition) is 5. The average Bonchev–Trinajstić information content (AvgIpc) is 3.08. The summed E-state index contributed by atoms with van der Waals surface area (Å²) < 4.78 is 23.3. The van der Waals surface area contributed by atoms with Crippen molar-refractivity contribution in [2.45, 2.75) is 19.3 Å². The van der Waals surface area contributed by atoms with Gasteiger partial charge in [0.15, 0.2) is 0 Å². The highest BCUT2D eigenvalue weighted by molar-refractivity contribution is 6.42. The fourth-order valence-electron chi connectivity index (χ4n) is 2.18. The molecule has 0 saturated heterocycles. The minimum Gasteiger partial charge on any atom is -0.426 e. The van der Waals surface area contributed by atoms with Crippen molar-refractivity contribution in [3.63, 3.8) is 0 Å². The lowest BCUT2D eigenvalue weighted by molar-refractivity contribution is -0.134. The van der Waals surface area contributed by atoms with Crippen molar-refractivity contribution in [3.8, 4) is 17.1 Å². The second-order valence-corrected chi connectivity index (χ2v) is 6.24. The molecule has 26 heavy (non-hydrogen) atoms. The zero-order chi connectivity index (χ0) is 18.5. The molecule has 0 unspecified atom stereocenters. The number of esters is 1. The van der Waals surface area contributed by atoms with Crippen LogP contribution >= 0.6 is 23.2 Å². The molecule has 0 spiro atoms. The van der Waals surface area contributed by atoms with Crippen molar-refractivity contribution in [1.82, 2.24) is 10.1 Å². The van der Waals surface area contributed by atoms with E-state index in [1.165, 1.54) is 18.2 Å². The van der Waals surface area contributed by atoms with Crippen molar-refractivity contribution in [2.75, 3.05) is 0 Å². The molecule has 0 aliphatic rings. The summed E-state index contributed by atoms with van der Waals surface area (Å²) in [6, 6.07) is 10.4. The second-order valence-electron chi connectivity index (χ2n) is 5.42. The van der Waals surface area contributed by atoms with Crippen LogP contribution in [0.1, 0.15) is 18.7 Å². The number of ether oxygens (including phenoxy) is 1. The van der Waals surface area contributed by atoms with E-state index in [1.54, 1.807) is 24.3 Å². The molecule has 2 aromatic carbocycles.